The van der Waals surface area contributed by atoms with Crippen LogP contribution in [-0.2, 0) is 14.8 Å². The van der Waals surface area contributed by atoms with E-state index in [0.29, 0.717) is 37.2 Å². The zero-order valence-electron chi connectivity index (χ0n) is 20.5. The van der Waals surface area contributed by atoms with Gasteiger partial charge in [0, 0.05) is 18.2 Å². The molecule has 1 aromatic carbocycles. The minimum absolute atomic E-state index is 0.0495. The summed E-state index contributed by atoms with van der Waals surface area (Å²) in [5.74, 6) is -1.14. The largest absolute Gasteiger partial charge is 0.381 e. The van der Waals surface area contributed by atoms with Gasteiger partial charge in [0.15, 0.2) is 5.03 Å². The van der Waals surface area contributed by atoms with Crippen LogP contribution < -0.4 is 15.4 Å². The Kier molecular flexibility index (Phi) is 9.92. The van der Waals surface area contributed by atoms with Crippen LogP contribution in [0.1, 0.15) is 42.6 Å². The van der Waals surface area contributed by atoms with E-state index in [4.69, 9.17) is 4.74 Å². The van der Waals surface area contributed by atoms with Gasteiger partial charge in [-0.15, -0.1) is 0 Å². The number of thioether (sulfide) groups is 1. The van der Waals surface area contributed by atoms with Gasteiger partial charge in [0.05, 0.1) is 29.9 Å². The monoisotopic (exact) mass is 575 g/mol. The average Bonchev–Trinajstić information content (AvgIpc) is 3.34. The van der Waals surface area contributed by atoms with Gasteiger partial charge in [0.1, 0.15) is 6.23 Å². The SMILES string of the molecule is O=C(N[C@@H](C1CCCCC1)[C@H](O)Nc1ccc(S(=O)(=O)NCC2COC2)cc1)c1nonc1SCC(F)F. The molecular weight excluding hydrogens is 544 g/mol. The van der Waals surface area contributed by atoms with Crippen LogP contribution >= 0.6 is 11.8 Å². The zero-order chi connectivity index (χ0) is 27.1. The Labute approximate surface area is 223 Å². The quantitative estimate of drug-likeness (QED) is 0.207. The van der Waals surface area contributed by atoms with E-state index in [1.807, 2.05) is 0 Å². The Hall–Kier alpha value is -2.33. The molecule has 1 amide bonds. The van der Waals surface area contributed by atoms with Crippen LogP contribution in [-0.4, -0.2) is 74.0 Å². The van der Waals surface area contributed by atoms with Gasteiger partial charge in [-0.25, -0.2) is 26.5 Å². The number of nitrogens with one attached hydrogen (secondary N) is 3. The lowest BCUT2D eigenvalue weighted by atomic mass is 9.83. The van der Waals surface area contributed by atoms with Crippen molar-refractivity contribution in [1.29, 1.82) is 0 Å². The van der Waals surface area contributed by atoms with Gasteiger partial charge in [0.25, 0.3) is 5.91 Å². The summed E-state index contributed by atoms with van der Waals surface area (Å²) in [6.07, 6.45) is 0.682. The molecule has 0 spiro atoms. The number of aromatic nitrogens is 2. The van der Waals surface area contributed by atoms with Crippen molar-refractivity contribution in [2.45, 2.75) is 60.7 Å². The maximum absolute atomic E-state index is 13.0. The number of rotatable bonds is 13. The van der Waals surface area contributed by atoms with E-state index in [2.05, 4.69) is 30.3 Å². The van der Waals surface area contributed by atoms with Gasteiger partial charge in [-0.1, -0.05) is 31.0 Å². The first-order valence-electron chi connectivity index (χ1n) is 12.4. The van der Waals surface area contributed by atoms with Gasteiger partial charge in [-0.3, -0.25) is 4.79 Å². The Balaban J connectivity index is 1.42. The lowest BCUT2D eigenvalue weighted by molar-refractivity contribution is -0.0283. The molecule has 1 aliphatic carbocycles. The zero-order valence-corrected chi connectivity index (χ0v) is 22.1. The molecule has 38 heavy (non-hydrogen) atoms. The molecule has 2 aromatic rings. The fourth-order valence-corrected chi connectivity index (χ4v) is 6.18. The second kappa shape index (κ2) is 13.2. The fourth-order valence-electron chi connectivity index (χ4n) is 4.43. The molecule has 4 rings (SSSR count). The second-order valence-corrected chi connectivity index (χ2v) is 12.2. The maximum Gasteiger partial charge on any atom is 0.276 e. The number of anilines is 1. The highest BCUT2D eigenvalue weighted by atomic mass is 32.2. The summed E-state index contributed by atoms with van der Waals surface area (Å²) in [6, 6.07) is 5.18. The topological polar surface area (TPSA) is 156 Å². The van der Waals surface area contributed by atoms with E-state index < -0.39 is 40.4 Å². The smallest absolute Gasteiger partial charge is 0.276 e. The summed E-state index contributed by atoms with van der Waals surface area (Å²) in [6.45, 7) is 1.36. The van der Waals surface area contributed by atoms with Crippen LogP contribution in [0.2, 0.25) is 0 Å². The maximum atomic E-state index is 13.0. The van der Waals surface area contributed by atoms with Crippen LogP contribution in [0, 0.1) is 11.8 Å². The van der Waals surface area contributed by atoms with Crippen molar-refractivity contribution < 1.29 is 36.5 Å². The number of carbonyl (C=O) groups is 1. The van der Waals surface area contributed by atoms with Gasteiger partial charge in [-0.2, -0.15) is 0 Å². The van der Waals surface area contributed by atoms with Crippen molar-refractivity contribution in [3.05, 3.63) is 30.0 Å². The lowest BCUT2D eigenvalue weighted by Gasteiger charge is -2.34. The highest BCUT2D eigenvalue weighted by Crippen LogP contribution is 2.29. The summed E-state index contributed by atoms with van der Waals surface area (Å²) in [4.78, 5) is 13.1. The molecule has 1 saturated heterocycles. The van der Waals surface area contributed by atoms with Crippen LogP contribution in [0.5, 0.6) is 0 Å². The molecular formula is C23H31F2N5O6S2. The van der Waals surface area contributed by atoms with Gasteiger partial charge >= 0.3 is 0 Å². The van der Waals surface area contributed by atoms with Gasteiger partial charge in [0.2, 0.25) is 22.1 Å². The molecule has 0 radical (unpaired) electrons. The highest BCUT2D eigenvalue weighted by Gasteiger charge is 2.33. The molecule has 15 heteroatoms. The molecule has 4 N–H and O–H groups in total. The van der Waals surface area contributed by atoms with Crippen LogP contribution in [0.3, 0.4) is 0 Å². The molecule has 0 bridgehead atoms. The number of nitrogens with zero attached hydrogens (tertiary/aromatic N) is 2. The minimum atomic E-state index is -3.69. The Morgan fingerprint density at radius 1 is 1.13 bits per heavy atom. The fraction of sp³-hybridized carbons (Fsp3) is 0.609. The summed E-state index contributed by atoms with van der Waals surface area (Å²) < 4.78 is 62.5. The minimum Gasteiger partial charge on any atom is -0.381 e. The molecule has 1 aliphatic heterocycles. The molecule has 0 unspecified atom stereocenters. The van der Waals surface area contributed by atoms with Crippen LogP contribution in [0.25, 0.3) is 0 Å². The molecule has 2 heterocycles. The van der Waals surface area contributed by atoms with Gasteiger partial charge in [-0.05, 0) is 53.3 Å². The van der Waals surface area contributed by atoms with E-state index in [9.17, 15) is 27.1 Å². The molecule has 1 aromatic heterocycles. The number of hydrogen-bond donors (Lipinski definition) is 4. The van der Waals surface area contributed by atoms with E-state index in [-0.39, 0.29) is 27.5 Å². The number of sulfonamides is 1. The molecule has 210 valence electrons. The first kappa shape index (κ1) is 28.7. The number of benzene rings is 1. The standard InChI is InChI=1S/C23H31F2N5O6S2/c24-18(25)13-37-23-20(29-36-30-23)22(32)28-19(15-4-2-1-3-5-15)21(31)27-16-6-8-17(9-7-16)38(33,34)26-10-14-11-35-12-14/h6-9,14-15,18-19,21,26-27,31H,1-5,10-13H2,(H,28,32)/t19-,21-/m0/s1. The number of aliphatic hydroxyl groups excluding tert-OH is 1. The predicted octanol–water partition coefficient (Wildman–Crippen LogP) is 2.46. The second-order valence-electron chi connectivity index (χ2n) is 9.39. The third-order valence-corrected chi connectivity index (χ3v) is 8.96. The van der Waals surface area contributed by atoms with Gasteiger partial charge < -0.3 is 20.5 Å². The third-order valence-electron chi connectivity index (χ3n) is 6.56. The number of hydrogen-bond acceptors (Lipinski definition) is 10. The number of carbonyl (C=O) groups excluding carboxylic acids is 1. The number of amides is 1. The number of halogens is 2. The Bertz CT molecular complexity index is 1160. The van der Waals surface area contributed by atoms with Crippen molar-refractivity contribution in [2.24, 2.45) is 11.8 Å². The highest BCUT2D eigenvalue weighted by molar-refractivity contribution is 7.99. The van der Waals surface area contributed by atoms with Crippen molar-refractivity contribution in [3.63, 3.8) is 0 Å². The number of ether oxygens (including phenoxy) is 1. The predicted molar refractivity (Wildman–Crippen MR) is 134 cm³/mol. The Morgan fingerprint density at radius 3 is 2.47 bits per heavy atom. The van der Waals surface area contributed by atoms with E-state index >= 15 is 0 Å². The summed E-state index contributed by atoms with van der Waals surface area (Å²) in [7, 11) is -3.69. The normalized spacial score (nSPS) is 18.6. The molecule has 1 saturated carbocycles. The van der Waals surface area contributed by atoms with Crippen molar-refractivity contribution in [2.75, 3.05) is 30.8 Å². The van der Waals surface area contributed by atoms with Crippen LogP contribution in [0.4, 0.5) is 14.5 Å². The summed E-state index contributed by atoms with van der Waals surface area (Å²) in [5, 5.41) is 23.9. The van der Waals surface area contributed by atoms with E-state index in [1.165, 1.54) is 24.3 Å². The molecule has 11 nitrogen and oxygen atoms in total. The van der Waals surface area contributed by atoms with Crippen LogP contribution in [0.15, 0.2) is 38.8 Å². The number of alkyl halides is 2. The third kappa shape index (κ3) is 7.62. The molecule has 2 fully saturated rings. The first-order valence-corrected chi connectivity index (χ1v) is 14.9. The molecule has 2 atom stereocenters. The Morgan fingerprint density at radius 2 is 1.84 bits per heavy atom. The van der Waals surface area contributed by atoms with Crippen molar-refractivity contribution >= 4 is 33.4 Å². The molecule has 2 aliphatic rings. The summed E-state index contributed by atoms with van der Waals surface area (Å²) >= 11 is 0.660. The lowest BCUT2D eigenvalue weighted by Crippen LogP contribution is -2.51. The summed E-state index contributed by atoms with van der Waals surface area (Å²) in [5.41, 5.74) is 0.231. The van der Waals surface area contributed by atoms with Crippen molar-refractivity contribution in [3.8, 4) is 0 Å². The average molecular weight is 576 g/mol. The van der Waals surface area contributed by atoms with Crippen molar-refractivity contribution in [1.82, 2.24) is 20.4 Å². The van der Waals surface area contributed by atoms with E-state index in [1.54, 1.807) is 0 Å². The van der Waals surface area contributed by atoms with E-state index in [0.717, 1.165) is 32.1 Å². The number of aliphatic hydroxyl groups is 1. The first-order chi connectivity index (χ1) is 18.2.